The second kappa shape index (κ2) is 8.13. The van der Waals surface area contributed by atoms with Crippen LogP contribution >= 0.6 is 0 Å². The highest BCUT2D eigenvalue weighted by molar-refractivity contribution is 6.05. The fraction of sp³-hybridized carbons (Fsp3) is 0.0833. The van der Waals surface area contributed by atoms with Gasteiger partial charge in [0.25, 0.3) is 5.56 Å². The van der Waals surface area contributed by atoms with Crippen molar-refractivity contribution >= 4 is 22.5 Å². The molecule has 0 bridgehead atoms. The number of carbonyl (C=O) groups excluding carboxylic acids is 2. The molecule has 0 radical (unpaired) electrons. The van der Waals surface area contributed by atoms with Crippen LogP contribution in [0.3, 0.4) is 0 Å². The molecule has 148 valence electrons. The van der Waals surface area contributed by atoms with E-state index in [0.29, 0.717) is 22.0 Å². The number of hydrogen-bond acceptors (Lipinski definition) is 5. The number of rotatable bonds is 5. The summed E-state index contributed by atoms with van der Waals surface area (Å²) in [7, 11) is 0. The number of esters is 1. The van der Waals surface area contributed by atoms with Crippen LogP contribution in [0.2, 0.25) is 0 Å². The van der Waals surface area contributed by atoms with Crippen molar-refractivity contribution in [2.24, 2.45) is 0 Å². The molecule has 0 amide bonds. The Balaban J connectivity index is 1.74. The Bertz CT molecular complexity index is 1280. The predicted molar refractivity (Wildman–Crippen MR) is 113 cm³/mol. The zero-order chi connectivity index (χ0) is 21.1. The summed E-state index contributed by atoms with van der Waals surface area (Å²) in [5.41, 5.74) is 0.601. The van der Waals surface area contributed by atoms with Crippen molar-refractivity contribution in [2.45, 2.75) is 13.0 Å². The third-order valence-corrected chi connectivity index (χ3v) is 4.71. The van der Waals surface area contributed by atoms with Gasteiger partial charge < -0.3 is 4.74 Å². The molecule has 0 saturated heterocycles. The molecule has 1 aromatic heterocycles. The van der Waals surface area contributed by atoms with Crippen LogP contribution in [0, 0.1) is 0 Å². The highest BCUT2D eigenvalue weighted by Crippen LogP contribution is 2.17. The van der Waals surface area contributed by atoms with Crippen LogP contribution in [0.4, 0.5) is 0 Å². The van der Waals surface area contributed by atoms with Gasteiger partial charge in [-0.15, -0.1) is 0 Å². The number of benzene rings is 3. The van der Waals surface area contributed by atoms with Crippen molar-refractivity contribution in [3.8, 4) is 5.69 Å². The van der Waals surface area contributed by atoms with E-state index in [-0.39, 0.29) is 17.0 Å². The number of Topliss-reactive ketones (excluding diaryl/α,β-unsaturated/α-hetero) is 1. The molecule has 30 heavy (non-hydrogen) atoms. The summed E-state index contributed by atoms with van der Waals surface area (Å²) >= 11 is 0. The van der Waals surface area contributed by atoms with Gasteiger partial charge in [-0.05, 0) is 25.1 Å². The number of ketones is 1. The first-order chi connectivity index (χ1) is 14.6. The van der Waals surface area contributed by atoms with Crippen molar-refractivity contribution in [3.05, 3.63) is 107 Å². The monoisotopic (exact) mass is 398 g/mol. The second-order valence-electron chi connectivity index (χ2n) is 6.72. The van der Waals surface area contributed by atoms with Crippen molar-refractivity contribution in [1.29, 1.82) is 0 Å². The minimum Gasteiger partial charge on any atom is -0.449 e. The number of nitrogens with zero attached hydrogens (tertiary/aromatic N) is 2. The van der Waals surface area contributed by atoms with Gasteiger partial charge in [0.2, 0.25) is 5.78 Å². The highest BCUT2D eigenvalue weighted by atomic mass is 16.5. The highest BCUT2D eigenvalue weighted by Gasteiger charge is 2.24. The minimum atomic E-state index is -1.00. The maximum absolute atomic E-state index is 12.9. The number of aromatic nitrogens is 2. The standard InChI is InChI=1S/C24H18N2O4/c1-16(22(27)17-10-4-2-5-11-17)30-24(29)21-19-14-8-9-15-20(19)23(28)26(25-21)18-12-6-3-7-13-18/h2-16H,1H3/t16-/m0/s1. The molecule has 1 atom stereocenters. The Hall–Kier alpha value is -4.06. The van der Waals surface area contributed by atoms with E-state index < -0.39 is 12.1 Å². The van der Waals surface area contributed by atoms with E-state index in [0.717, 1.165) is 0 Å². The van der Waals surface area contributed by atoms with Gasteiger partial charge in [-0.3, -0.25) is 9.59 Å². The van der Waals surface area contributed by atoms with Gasteiger partial charge in [-0.1, -0.05) is 66.7 Å². The van der Waals surface area contributed by atoms with Crippen LogP contribution in [0.5, 0.6) is 0 Å². The third-order valence-electron chi connectivity index (χ3n) is 4.71. The van der Waals surface area contributed by atoms with Gasteiger partial charge in [-0.2, -0.15) is 9.78 Å². The van der Waals surface area contributed by atoms with Crippen LogP contribution in [0.25, 0.3) is 16.5 Å². The molecule has 4 aromatic rings. The van der Waals surface area contributed by atoms with Crippen LogP contribution in [-0.4, -0.2) is 27.6 Å². The maximum Gasteiger partial charge on any atom is 0.360 e. The third kappa shape index (κ3) is 3.63. The summed E-state index contributed by atoms with van der Waals surface area (Å²) in [5, 5.41) is 4.99. The smallest absolute Gasteiger partial charge is 0.360 e. The van der Waals surface area contributed by atoms with Crippen LogP contribution in [0.15, 0.2) is 89.7 Å². The molecular weight excluding hydrogens is 380 g/mol. The maximum atomic E-state index is 12.9. The van der Waals surface area contributed by atoms with E-state index in [4.69, 9.17) is 4.74 Å². The number of ether oxygens (including phenoxy) is 1. The topological polar surface area (TPSA) is 78.3 Å². The van der Waals surface area contributed by atoms with Crippen molar-refractivity contribution in [1.82, 2.24) is 9.78 Å². The average molecular weight is 398 g/mol. The summed E-state index contributed by atoms with van der Waals surface area (Å²) in [6.07, 6.45) is -1.00. The number of carbonyl (C=O) groups is 2. The molecule has 0 unspecified atom stereocenters. The lowest BCUT2D eigenvalue weighted by Crippen LogP contribution is -2.28. The van der Waals surface area contributed by atoms with Gasteiger partial charge >= 0.3 is 5.97 Å². The average Bonchev–Trinajstić information content (AvgIpc) is 2.80. The molecule has 0 aliphatic heterocycles. The Morgan fingerprint density at radius 3 is 2.07 bits per heavy atom. The SMILES string of the molecule is C[C@H](OC(=O)c1nn(-c2ccccc2)c(=O)c2ccccc12)C(=O)c1ccccc1. The first kappa shape index (κ1) is 19.3. The normalized spacial score (nSPS) is 11.8. The summed E-state index contributed by atoms with van der Waals surface area (Å²) in [6, 6.07) is 24.1. The molecule has 0 aliphatic rings. The van der Waals surface area contributed by atoms with Gasteiger partial charge in [0, 0.05) is 10.9 Å². The van der Waals surface area contributed by atoms with E-state index in [9.17, 15) is 14.4 Å². The molecule has 0 spiro atoms. The Kier molecular flexibility index (Phi) is 5.22. The molecule has 6 heteroatoms. The Morgan fingerprint density at radius 1 is 0.833 bits per heavy atom. The van der Waals surface area contributed by atoms with E-state index >= 15 is 0 Å². The summed E-state index contributed by atoms with van der Waals surface area (Å²) in [4.78, 5) is 38.4. The van der Waals surface area contributed by atoms with E-state index in [2.05, 4.69) is 5.10 Å². The first-order valence-electron chi connectivity index (χ1n) is 9.44. The quantitative estimate of drug-likeness (QED) is 0.377. The lowest BCUT2D eigenvalue weighted by Gasteiger charge is -2.14. The summed E-state index contributed by atoms with van der Waals surface area (Å²) in [6.45, 7) is 1.52. The second-order valence-corrected chi connectivity index (χ2v) is 6.72. The van der Waals surface area contributed by atoms with Gasteiger partial charge in [0.15, 0.2) is 11.8 Å². The largest absolute Gasteiger partial charge is 0.449 e. The van der Waals surface area contributed by atoms with Gasteiger partial charge in [-0.25, -0.2) is 4.79 Å². The Morgan fingerprint density at radius 2 is 1.40 bits per heavy atom. The van der Waals surface area contributed by atoms with Crippen LogP contribution in [0.1, 0.15) is 27.8 Å². The molecule has 4 rings (SSSR count). The fourth-order valence-corrected chi connectivity index (χ4v) is 3.19. The number of hydrogen-bond donors (Lipinski definition) is 0. The number of fused-ring (bicyclic) bond motifs is 1. The van der Waals surface area contributed by atoms with E-state index in [1.54, 1.807) is 78.9 Å². The zero-order valence-electron chi connectivity index (χ0n) is 16.2. The molecular formula is C24H18N2O4. The molecule has 0 fully saturated rings. The summed E-state index contributed by atoms with van der Waals surface area (Å²) in [5.74, 6) is -1.09. The van der Waals surface area contributed by atoms with Crippen LogP contribution in [-0.2, 0) is 4.74 Å². The van der Waals surface area contributed by atoms with Gasteiger partial charge in [0.05, 0.1) is 11.1 Å². The van der Waals surface area contributed by atoms with E-state index in [1.807, 2.05) is 6.07 Å². The first-order valence-corrected chi connectivity index (χ1v) is 9.44. The van der Waals surface area contributed by atoms with Crippen molar-refractivity contribution in [3.63, 3.8) is 0 Å². The zero-order valence-corrected chi connectivity index (χ0v) is 16.2. The molecule has 0 aliphatic carbocycles. The summed E-state index contributed by atoms with van der Waals surface area (Å²) < 4.78 is 6.59. The van der Waals surface area contributed by atoms with Crippen molar-refractivity contribution < 1.29 is 14.3 Å². The predicted octanol–water partition coefficient (Wildman–Crippen LogP) is 3.81. The lowest BCUT2D eigenvalue weighted by atomic mass is 10.1. The Labute approximate surface area is 172 Å². The lowest BCUT2D eigenvalue weighted by molar-refractivity contribution is 0.0313. The van der Waals surface area contributed by atoms with E-state index in [1.165, 1.54) is 11.6 Å². The molecule has 3 aromatic carbocycles. The number of para-hydroxylation sites is 1. The van der Waals surface area contributed by atoms with Crippen molar-refractivity contribution in [2.75, 3.05) is 0 Å². The molecule has 1 heterocycles. The molecule has 0 N–H and O–H groups in total. The van der Waals surface area contributed by atoms with Crippen LogP contribution < -0.4 is 5.56 Å². The van der Waals surface area contributed by atoms with Gasteiger partial charge in [0.1, 0.15) is 0 Å². The minimum absolute atomic E-state index is 0.0261. The fourth-order valence-electron chi connectivity index (χ4n) is 3.19. The molecule has 0 saturated carbocycles. The molecule has 6 nitrogen and oxygen atoms in total.